The fourth-order valence-electron chi connectivity index (χ4n) is 2.32. The van der Waals surface area contributed by atoms with Crippen molar-refractivity contribution in [3.63, 3.8) is 0 Å². The Hall–Kier alpha value is -3.32. The Morgan fingerprint density at radius 1 is 1.15 bits per heavy atom. The van der Waals surface area contributed by atoms with E-state index in [0.29, 0.717) is 27.7 Å². The zero-order valence-electron chi connectivity index (χ0n) is 14.3. The second kappa shape index (κ2) is 8.37. The van der Waals surface area contributed by atoms with Gasteiger partial charge in [-0.1, -0.05) is 23.7 Å². The maximum absolute atomic E-state index is 12.4. The van der Waals surface area contributed by atoms with Gasteiger partial charge in [0.25, 0.3) is 5.91 Å². The number of rotatable bonds is 7. The van der Waals surface area contributed by atoms with Gasteiger partial charge in [0.1, 0.15) is 5.75 Å². The zero-order chi connectivity index (χ0) is 19.2. The molecule has 3 rings (SSSR count). The van der Waals surface area contributed by atoms with Crippen molar-refractivity contribution in [1.82, 2.24) is 9.78 Å². The number of hydrogen-bond acceptors (Lipinski definition) is 4. The summed E-state index contributed by atoms with van der Waals surface area (Å²) in [7, 11) is 0. The van der Waals surface area contributed by atoms with Gasteiger partial charge in [0.2, 0.25) is 5.91 Å². The SMILES string of the molecule is NC(=O)CCOc1ccc(NC(=O)c2cnn(-c3ccccc3Cl)c2)cc1. The number of nitrogens with zero attached hydrogens (tertiary/aromatic N) is 2. The van der Waals surface area contributed by atoms with E-state index >= 15 is 0 Å². The summed E-state index contributed by atoms with van der Waals surface area (Å²) in [4.78, 5) is 23.1. The lowest BCUT2D eigenvalue weighted by molar-refractivity contribution is -0.118. The lowest BCUT2D eigenvalue weighted by Crippen LogP contribution is -2.14. The number of nitrogens with one attached hydrogen (secondary N) is 1. The standard InChI is InChI=1S/C19H17ClN4O3/c20-16-3-1-2-4-17(16)24-12-13(11-22-24)19(26)23-14-5-7-15(8-6-14)27-10-9-18(21)25/h1-8,11-12H,9-10H2,(H2,21,25)(H,23,26). The van der Waals surface area contributed by atoms with Crippen molar-refractivity contribution in [1.29, 1.82) is 0 Å². The number of amides is 2. The Morgan fingerprint density at radius 2 is 1.89 bits per heavy atom. The third-order valence-corrected chi connectivity index (χ3v) is 3.99. The number of benzene rings is 2. The fourth-order valence-corrected chi connectivity index (χ4v) is 2.54. The molecule has 8 heteroatoms. The first kappa shape index (κ1) is 18.5. The molecule has 0 radical (unpaired) electrons. The van der Waals surface area contributed by atoms with Crippen molar-refractivity contribution in [2.24, 2.45) is 5.73 Å². The normalized spacial score (nSPS) is 10.4. The van der Waals surface area contributed by atoms with Crippen LogP contribution in [0.15, 0.2) is 60.9 Å². The number of aromatic nitrogens is 2. The topological polar surface area (TPSA) is 99.2 Å². The first-order valence-corrected chi connectivity index (χ1v) is 8.53. The van der Waals surface area contributed by atoms with E-state index in [-0.39, 0.29) is 18.9 Å². The molecule has 138 valence electrons. The number of carbonyl (C=O) groups excluding carboxylic acids is 2. The third-order valence-electron chi connectivity index (χ3n) is 3.67. The van der Waals surface area contributed by atoms with E-state index in [1.807, 2.05) is 18.2 Å². The molecule has 0 bridgehead atoms. The summed E-state index contributed by atoms with van der Waals surface area (Å²) < 4.78 is 6.93. The first-order chi connectivity index (χ1) is 13.0. The molecule has 3 aromatic rings. The molecule has 0 aliphatic carbocycles. The maximum Gasteiger partial charge on any atom is 0.258 e. The Balaban J connectivity index is 1.62. The molecule has 27 heavy (non-hydrogen) atoms. The lowest BCUT2D eigenvalue weighted by atomic mass is 10.2. The molecule has 0 saturated carbocycles. The quantitative estimate of drug-likeness (QED) is 0.654. The van der Waals surface area contributed by atoms with Crippen LogP contribution in [0, 0.1) is 0 Å². The average Bonchev–Trinajstić information content (AvgIpc) is 3.13. The van der Waals surface area contributed by atoms with Gasteiger partial charge in [-0.05, 0) is 36.4 Å². The highest BCUT2D eigenvalue weighted by Crippen LogP contribution is 2.20. The van der Waals surface area contributed by atoms with Crippen LogP contribution in [-0.2, 0) is 4.79 Å². The molecule has 7 nitrogen and oxygen atoms in total. The molecule has 2 amide bonds. The molecule has 2 aromatic carbocycles. The van der Waals surface area contributed by atoms with Crippen LogP contribution in [0.1, 0.15) is 16.8 Å². The maximum atomic E-state index is 12.4. The highest BCUT2D eigenvalue weighted by atomic mass is 35.5. The molecule has 3 N–H and O–H groups in total. The fraction of sp³-hybridized carbons (Fsp3) is 0.105. The second-order valence-corrected chi connectivity index (χ2v) is 6.08. The monoisotopic (exact) mass is 384 g/mol. The van der Waals surface area contributed by atoms with E-state index in [0.717, 1.165) is 0 Å². The molecule has 0 atom stereocenters. The number of nitrogens with two attached hydrogens (primary N) is 1. The van der Waals surface area contributed by atoms with Gasteiger partial charge in [-0.3, -0.25) is 9.59 Å². The van der Waals surface area contributed by atoms with E-state index < -0.39 is 5.91 Å². The zero-order valence-corrected chi connectivity index (χ0v) is 15.0. The lowest BCUT2D eigenvalue weighted by Gasteiger charge is -2.07. The van der Waals surface area contributed by atoms with Crippen LogP contribution in [0.3, 0.4) is 0 Å². The summed E-state index contributed by atoms with van der Waals surface area (Å²) in [5.41, 5.74) is 6.75. The summed E-state index contributed by atoms with van der Waals surface area (Å²) in [6, 6.07) is 14.0. The largest absolute Gasteiger partial charge is 0.493 e. The van der Waals surface area contributed by atoms with Crippen molar-refractivity contribution in [2.75, 3.05) is 11.9 Å². The number of carbonyl (C=O) groups is 2. The van der Waals surface area contributed by atoms with Crippen LogP contribution < -0.4 is 15.8 Å². The highest BCUT2D eigenvalue weighted by Gasteiger charge is 2.11. The summed E-state index contributed by atoms with van der Waals surface area (Å²) >= 11 is 6.15. The van der Waals surface area contributed by atoms with Gasteiger partial charge in [-0.15, -0.1) is 0 Å². The molecule has 0 saturated heterocycles. The van der Waals surface area contributed by atoms with Crippen molar-refractivity contribution in [3.8, 4) is 11.4 Å². The molecule has 1 heterocycles. The average molecular weight is 385 g/mol. The van der Waals surface area contributed by atoms with Crippen molar-refractivity contribution >= 4 is 29.1 Å². The second-order valence-electron chi connectivity index (χ2n) is 5.67. The van der Waals surface area contributed by atoms with Crippen molar-refractivity contribution < 1.29 is 14.3 Å². The van der Waals surface area contributed by atoms with Crippen LogP contribution in [0.5, 0.6) is 5.75 Å². The van der Waals surface area contributed by atoms with Crippen LogP contribution in [-0.4, -0.2) is 28.2 Å². The molecule has 0 aliphatic rings. The Labute approximate surface area is 160 Å². The summed E-state index contributed by atoms with van der Waals surface area (Å²) in [6.07, 6.45) is 3.23. The minimum absolute atomic E-state index is 0.147. The van der Waals surface area contributed by atoms with Gasteiger partial charge < -0.3 is 15.8 Å². The van der Waals surface area contributed by atoms with E-state index in [1.165, 1.54) is 6.20 Å². The molecule has 0 spiro atoms. The number of halogens is 1. The minimum Gasteiger partial charge on any atom is -0.493 e. The minimum atomic E-state index is -0.420. The van der Waals surface area contributed by atoms with Crippen LogP contribution >= 0.6 is 11.6 Å². The Kier molecular flexibility index (Phi) is 5.73. The summed E-state index contributed by atoms with van der Waals surface area (Å²) in [6.45, 7) is 0.211. The summed E-state index contributed by atoms with van der Waals surface area (Å²) in [5, 5.41) is 7.51. The van der Waals surface area contributed by atoms with E-state index in [2.05, 4.69) is 10.4 Å². The molecule has 0 fully saturated rings. The predicted molar refractivity (Wildman–Crippen MR) is 102 cm³/mol. The number of anilines is 1. The highest BCUT2D eigenvalue weighted by molar-refractivity contribution is 6.32. The Bertz CT molecular complexity index is 954. The van der Waals surface area contributed by atoms with Gasteiger partial charge in [0.15, 0.2) is 0 Å². The van der Waals surface area contributed by atoms with Gasteiger partial charge in [-0.2, -0.15) is 5.10 Å². The van der Waals surface area contributed by atoms with Gasteiger partial charge in [0, 0.05) is 11.9 Å². The smallest absolute Gasteiger partial charge is 0.258 e. The predicted octanol–water partition coefficient (Wildman–Crippen LogP) is 3.03. The van der Waals surface area contributed by atoms with E-state index in [4.69, 9.17) is 22.1 Å². The first-order valence-electron chi connectivity index (χ1n) is 8.15. The van der Waals surface area contributed by atoms with Crippen molar-refractivity contribution in [3.05, 3.63) is 71.5 Å². The third kappa shape index (κ3) is 4.86. The number of para-hydroxylation sites is 1. The number of hydrogen-bond donors (Lipinski definition) is 2. The van der Waals surface area contributed by atoms with E-state index in [9.17, 15) is 9.59 Å². The molecule has 0 aliphatic heterocycles. The van der Waals surface area contributed by atoms with Gasteiger partial charge in [0.05, 0.1) is 35.5 Å². The van der Waals surface area contributed by atoms with Crippen molar-refractivity contribution in [2.45, 2.75) is 6.42 Å². The summed E-state index contributed by atoms with van der Waals surface area (Å²) in [5.74, 6) is -0.132. The van der Waals surface area contributed by atoms with Crippen LogP contribution in [0.4, 0.5) is 5.69 Å². The van der Waals surface area contributed by atoms with Gasteiger partial charge >= 0.3 is 0 Å². The van der Waals surface area contributed by atoms with Gasteiger partial charge in [-0.25, -0.2) is 4.68 Å². The van der Waals surface area contributed by atoms with E-state index in [1.54, 1.807) is 41.2 Å². The van der Waals surface area contributed by atoms with Crippen LogP contribution in [0.25, 0.3) is 5.69 Å². The molecular formula is C19H17ClN4O3. The molecule has 1 aromatic heterocycles. The Morgan fingerprint density at radius 3 is 2.59 bits per heavy atom. The number of primary amides is 1. The molecular weight excluding hydrogens is 368 g/mol. The molecule has 0 unspecified atom stereocenters. The number of ether oxygens (including phenoxy) is 1. The van der Waals surface area contributed by atoms with Crippen LogP contribution in [0.2, 0.25) is 5.02 Å².